The minimum atomic E-state index is -1.28. The summed E-state index contributed by atoms with van der Waals surface area (Å²) in [5.41, 5.74) is 0.327. The van der Waals surface area contributed by atoms with E-state index in [9.17, 15) is 9.59 Å². The molecule has 2 rings (SSSR count). The highest BCUT2D eigenvalue weighted by Gasteiger charge is 2.24. The minimum absolute atomic E-state index is 0.0255. The number of hydrogen-bond acceptors (Lipinski definition) is 4. The third-order valence-electron chi connectivity index (χ3n) is 3.58. The Morgan fingerprint density at radius 2 is 1.73 bits per heavy atom. The van der Waals surface area contributed by atoms with Crippen molar-refractivity contribution in [3.63, 3.8) is 0 Å². The zero-order valence-electron chi connectivity index (χ0n) is 15.0. The molecule has 9 heteroatoms. The summed E-state index contributed by atoms with van der Waals surface area (Å²) in [6, 6.07) is 7.52. The highest BCUT2D eigenvalue weighted by Crippen LogP contribution is 2.19. The van der Waals surface area contributed by atoms with E-state index < -0.39 is 17.8 Å². The number of carbonyl (C=O) groups is 2. The molecule has 2 N–H and O–H groups in total. The molecule has 0 aliphatic carbocycles. The van der Waals surface area contributed by atoms with Gasteiger partial charge in [0.25, 0.3) is 0 Å². The van der Waals surface area contributed by atoms with Crippen LogP contribution in [0.2, 0.25) is 5.02 Å². The summed E-state index contributed by atoms with van der Waals surface area (Å²) in [5, 5.41) is 11.9. The van der Waals surface area contributed by atoms with Gasteiger partial charge >= 0.3 is 12.2 Å². The topological polar surface area (TPSA) is 94.5 Å². The third kappa shape index (κ3) is 6.11. The van der Waals surface area contributed by atoms with Crippen molar-refractivity contribution in [2.24, 2.45) is 4.99 Å². The third-order valence-corrected chi connectivity index (χ3v) is 3.83. The molecule has 1 aromatic carbocycles. The average molecular weight is 383 g/mol. The Hall–Kier alpha value is -2.48. The van der Waals surface area contributed by atoms with E-state index >= 15 is 0 Å². The van der Waals surface area contributed by atoms with Crippen LogP contribution >= 0.6 is 11.6 Å². The number of aliphatic imine (C=N–C) groups is 1. The number of anilines is 1. The Bertz CT molecular complexity index is 677. The van der Waals surface area contributed by atoms with Crippen LogP contribution in [0.15, 0.2) is 29.3 Å². The standard InChI is InChI=1S/C17H23ClN4O4/c1-17(2,3)26-16(25)20-14(19-15(23)24)22-10-8-21(9-11-22)13-6-4-12(18)5-7-13/h4-7H,8-11H2,1-3H3,(H,23,24)(H,19,20,25). The van der Waals surface area contributed by atoms with Crippen LogP contribution in [-0.4, -0.2) is 59.9 Å². The fourth-order valence-corrected chi connectivity index (χ4v) is 2.60. The summed E-state index contributed by atoms with van der Waals surface area (Å²) >= 11 is 5.91. The largest absolute Gasteiger partial charge is 0.465 e. The molecular weight excluding hydrogens is 360 g/mol. The number of carbonyl (C=O) groups excluding carboxylic acids is 1. The first-order valence-electron chi connectivity index (χ1n) is 8.21. The van der Waals surface area contributed by atoms with Crippen LogP contribution in [0.5, 0.6) is 0 Å². The fraction of sp³-hybridized carbons (Fsp3) is 0.471. The summed E-state index contributed by atoms with van der Waals surface area (Å²) in [6.07, 6.45) is -2.12. The fourth-order valence-electron chi connectivity index (χ4n) is 2.47. The number of benzene rings is 1. The molecule has 0 atom stereocenters. The molecule has 1 aliphatic heterocycles. The molecule has 2 amide bonds. The van der Waals surface area contributed by atoms with Crippen LogP contribution in [0.1, 0.15) is 20.8 Å². The second kappa shape index (κ2) is 8.27. The maximum absolute atomic E-state index is 11.9. The number of amides is 2. The van der Waals surface area contributed by atoms with Gasteiger partial charge in [0.2, 0.25) is 5.96 Å². The lowest BCUT2D eigenvalue weighted by atomic mass is 10.2. The predicted octanol–water partition coefficient (Wildman–Crippen LogP) is 3.02. The molecular formula is C17H23ClN4O4. The molecule has 0 saturated carbocycles. The number of piperazine rings is 1. The van der Waals surface area contributed by atoms with E-state index in [0.717, 1.165) is 5.69 Å². The van der Waals surface area contributed by atoms with Gasteiger partial charge in [0.1, 0.15) is 5.60 Å². The number of rotatable bonds is 1. The van der Waals surface area contributed by atoms with Gasteiger partial charge in [-0.2, -0.15) is 0 Å². The molecule has 142 valence electrons. The van der Waals surface area contributed by atoms with E-state index in [-0.39, 0.29) is 5.96 Å². The van der Waals surface area contributed by atoms with Crippen molar-refractivity contribution in [3.8, 4) is 0 Å². The summed E-state index contributed by atoms with van der Waals surface area (Å²) < 4.78 is 5.13. The summed E-state index contributed by atoms with van der Waals surface area (Å²) in [4.78, 5) is 30.6. The summed E-state index contributed by atoms with van der Waals surface area (Å²) in [6.45, 7) is 7.46. The molecule has 1 fully saturated rings. The van der Waals surface area contributed by atoms with Crippen molar-refractivity contribution in [2.45, 2.75) is 26.4 Å². The van der Waals surface area contributed by atoms with Crippen LogP contribution in [0, 0.1) is 0 Å². The van der Waals surface area contributed by atoms with Crippen LogP contribution in [0.4, 0.5) is 15.3 Å². The van der Waals surface area contributed by atoms with Gasteiger partial charge in [-0.25, -0.2) is 9.59 Å². The average Bonchev–Trinajstić information content (AvgIpc) is 2.53. The molecule has 26 heavy (non-hydrogen) atoms. The van der Waals surface area contributed by atoms with Gasteiger partial charge < -0.3 is 19.6 Å². The molecule has 0 unspecified atom stereocenters. The highest BCUT2D eigenvalue weighted by molar-refractivity contribution is 6.30. The first kappa shape index (κ1) is 19.8. The number of halogens is 1. The van der Waals surface area contributed by atoms with Gasteiger partial charge in [0.15, 0.2) is 0 Å². The lowest BCUT2D eigenvalue weighted by molar-refractivity contribution is 0.0601. The first-order valence-corrected chi connectivity index (χ1v) is 8.59. The maximum Gasteiger partial charge on any atom is 0.437 e. The Labute approximate surface area is 157 Å². The van der Waals surface area contributed by atoms with Crippen LogP contribution in [-0.2, 0) is 4.74 Å². The van der Waals surface area contributed by atoms with Gasteiger partial charge in [0.05, 0.1) is 0 Å². The number of nitrogens with one attached hydrogen (secondary N) is 1. The number of ether oxygens (including phenoxy) is 1. The van der Waals surface area contributed by atoms with Crippen molar-refractivity contribution in [2.75, 3.05) is 31.1 Å². The zero-order chi connectivity index (χ0) is 19.3. The molecule has 8 nitrogen and oxygen atoms in total. The van der Waals surface area contributed by atoms with Crippen LogP contribution < -0.4 is 10.2 Å². The molecule has 1 heterocycles. The van der Waals surface area contributed by atoms with Crippen molar-refractivity contribution in [3.05, 3.63) is 29.3 Å². The van der Waals surface area contributed by atoms with E-state index in [2.05, 4.69) is 15.2 Å². The SMILES string of the molecule is CC(C)(C)OC(=O)N=C(NC(=O)O)N1CCN(c2ccc(Cl)cc2)CC1. The quantitative estimate of drug-likeness (QED) is 0.572. The van der Waals surface area contributed by atoms with Crippen molar-refractivity contribution in [1.82, 2.24) is 10.2 Å². The Balaban J connectivity index is 2.05. The van der Waals surface area contributed by atoms with Crippen LogP contribution in [0.3, 0.4) is 0 Å². The normalized spacial score (nSPS) is 15.6. The lowest BCUT2D eigenvalue weighted by Gasteiger charge is -2.37. The molecule has 0 radical (unpaired) electrons. The van der Waals surface area contributed by atoms with Crippen LogP contribution in [0.25, 0.3) is 0 Å². The van der Waals surface area contributed by atoms with Crippen molar-refractivity contribution < 1.29 is 19.4 Å². The number of guanidine groups is 1. The van der Waals surface area contributed by atoms with Gasteiger partial charge in [-0.15, -0.1) is 4.99 Å². The molecule has 0 bridgehead atoms. The maximum atomic E-state index is 11.9. The van der Waals surface area contributed by atoms with Gasteiger partial charge in [-0.05, 0) is 45.0 Å². The van der Waals surface area contributed by atoms with Gasteiger partial charge in [-0.1, -0.05) is 11.6 Å². The first-order chi connectivity index (χ1) is 12.1. The van der Waals surface area contributed by atoms with E-state index in [1.807, 2.05) is 24.3 Å². The molecule has 1 saturated heterocycles. The molecule has 0 aromatic heterocycles. The van der Waals surface area contributed by atoms with E-state index in [1.165, 1.54) is 0 Å². The zero-order valence-corrected chi connectivity index (χ0v) is 15.8. The summed E-state index contributed by atoms with van der Waals surface area (Å²) in [5.74, 6) is -0.0255. The number of nitrogens with zero attached hydrogens (tertiary/aromatic N) is 3. The Kier molecular flexibility index (Phi) is 6.31. The van der Waals surface area contributed by atoms with Crippen molar-refractivity contribution in [1.29, 1.82) is 0 Å². The van der Waals surface area contributed by atoms with Gasteiger partial charge in [0, 0.05) is 36.9 Å². The number of carboxylic acid groups (broad SMARTS) is 1. The summed E-state index contributed by atoms with van der Waals surface area (Å²) in [7, 11) is 0. The minimum Gasteiger partial charge on any atom is -0.465 e. The molecule has 0 spiro atoms. The van der Waals surface area contributed by atoms with E-state index in [4.69, 9.17) is 21.4 Å². The molecule has 1 aromatic rings. The van der Waals surface area contributed by atoms with Gasteiger partial charge in [-0.3, -0.25) is 5.32 Å². The predicted molar refractivity (Wildman–Crippen MR) is 100 cm³/mol. The van der Waals surface area contributed by atoms with Crippen molar-refractivity contribution >= 4 is 35.4 Å². The molecule has 1 aliphatic rings. The second-order valence-electron chi connectivity index (χ2n) is 6.80. The monoisotopic (exact) mass is 382 g/mol. The van der Waals surface area contributed by atoms with E-state index in [1.54, 1.807) is 25.7 Å². The second-order valence-corrected chi connectivity index (χ2v) is 7.23. The number of hydrogen-bond donors (Lipinski definition) is 2. The Morgan fingerprint density at radius 1 is 1.15 bits per heavy atom. The van der Waals surface area contributed by atoms with E-state index in [0.29, 0.717) is 31.2 Å². The lowest BCUT2D eigenvalue weighted by Crippen LogP contribution is -2.53. The smallest absolute Gasteiger partial charge is 0.437 e. The highest BCUT2D eigenvalue weighted by atomic mass is 35.5. The Morgan fingerprint density at radius 3 is 2.23 bits per heavy atom.